The van der Waals surface area contributed by atoms with E-state index in [1.54, 1.807) is 0 Å². The number of hydrogen-bond donors (Lipinski definition) is 1. The van der Waals surface area contributed by atoms with Gasteiger partial charge in [0.05, 0.1) is 12.1 Å². The molecule has 0 aromatic heterocycles. The van der Waals surface area contributed by atoms with Crippen molar-refractivity contribution in [2.45, 2.75) is 51.7 Å². The molecule has 2 unspecified atom stereocenters. The molecular formula is C16H22ClNO2. The third-order valence-electron chi connectivity index (χ3n) is 3.79. The molecule has 2 atom stereocenters. The molecule has 1 aliphatic heterocycles. The van der Waals surface area contributed by atoms with Gasteiger partial charge in [0, 0.05) is 18.1 Å². The molecule has 0 bridgehead atoms. The first-order valence-corrected chi connectivity index (χ1v) is 7.60. The first-order valence-electron chi connectivity index (χ1n) is 7.22. The molecule has 1 N–H and O–H groups in total. The lowest BCUT2D eigenvalue weighted by molar-refractivity contribution is -0.122. The zero-order valence-corrected chi connectivity index (χ0v) is 12.9. The lowest BCUT2D eigenvalue weighted by Crippen LogP contribution is -2.40. The third kappa shape index (κ3) is 4.22. The molecule has 0 radical (unpaired) electrons. The third-order valence-corrected chi connectivity index (χ3v) is 4.20. The molecule has 2 rings (SSSR count). The summed E-state index contributed by atoms with van der Waals surface area (Å²) in [7, 11) is 0. The fourth-order valence-electron chi connectivity index (χ4n) is 2.47. The van der Waals surface area contributed by atoms with E-state index < -0.39 is 0 Å². The van der Waals surface area contributed by atoms with E-state index in [1.165, 1.54) is 0 Å². The van der Waals surface area contributed by atoms with Crippen molar-refractivity contribution in [3.05, 3.63) is 34.3 Å². The monoisotopic (exact) mass is 295 g/mol. The normalized spacial score (nSPS) is 19.9. The van der Waals surface area contributed by atoms with Crippen LogP contribution >= 0.6 is 11.6 Å². The second-order valence-electron chi connectivity index (χ2n) is 5.49. The summed E-state index contributed by atoms with van der Waals surface area (Å²) in [6.07, 6.45) is 3.50. The molecule has 1 saturated heterocycles. The van der Waals surface area contributed by atoms with Crippen molar-refractivity contribution in [3.63, 3.8) is 0 Å². The summed E-state index contributed by atoms with van der Waals surface area (Å²) in [4.78, 5) is 11.9. The van der Waals surface area contributed by atoms with Gasteiger partial charge < -0.3 is 10.1 Å². The molecule has 1 fully saturated rings. The maximum atomic E-state index is 11.9. The van der Waals surface area contributed by atoms with Crippen LogP contribution in [0.3, 0.4) is 0 Å². The largest absolute Gasteiger partial charge is 0.376 e. The highest BCUT2D eigenvalue weighted by atomic mass is 35.5. The molecule has 0 aliphatic carbocycles. The molecule has 1 aromatic carbocycles. The van der Waals surface area contributed by atoms with Crippen molar-refractivity contribution >= 4 is 17.5 Å². The van der Waals surface area contributed by atoms with E-state index in [1.807, 2.05) is 32.0 Å². The molecule has 4 heteroatoms. The number of carbonyl (C=O) groups is 1. The van der Waals surface area contributed by atoms with Crippen molar-refractivity contribution in [2.75, 3.05) is 6.61 Å². The van der Waals surface area contributed by atoms with Crippen molar-refractivity contribution < 1.29 is 9.53 Å². The van der Waals surface area contributed by atoms with E-state index in [4.69, 9.17) is 16.3 Å². The van der Waals surface area contributed by atoms with Crippen LogP contribution in [0.15, 0.2) is 18.2 Å². The predicted molar refractivity (Wildman–Crippen MR) is 81.1 cm³/mol. The fourth-order valence-corrected chi connectivity index (χ4v) is 2.67. The molecule has 1 heterocycles. The number of hydrogen-bond acceptors (Lipinski definition) is 2. The van der Waals surface area contributed by atoms with Gasteiger partial charge in [0.25, 0.3) is 0 Å². The molecule has 1 aliphatic rings. The van der Waals surface area contributed by atoms with E-state index >= 15 is 0 Å². The van der Waals surface area contributed by atoms with Gasteiger partial charge in [-0.1, -0.05) is 23.7 Å². The highest BCUT2D eigenvalue weighted by molar-refractivity contribution is 6.31. The average molecular weight is 296 g/mol. The van der Waals surface area contributed by atoms with Crippen LogP contribution in [0.2, 0.25) is 5.02 Å². The Bertz CT molecular complexity index is 470. The number of carbonyl (C=O) groups excluding carboxylic acids is 1. The molecule has 0 spiro atoms. The van der Waals surface area contributed by atoms with Gasteiger partial charge in [-0.25, -0.2) is 0 Å². The number of benzene rings is 1. The minimum atomic E-state index is 0.0738. The van der Waals surface area contributed by atoms with Crippen LogP contribution in [0.25, 0.3) is 0 Å². The predicted octanol–water partition coefficient (Wildman–Crippen LogP) is 3.26. The summed E-state index contributed by atoms with van der Waals surface area (Å²) in [5.74, 6) is 0.0738. The molecule has 3 nitrogen and oxygen atoms in total. The fraction of sp³-hybridized carbons (Fsp3) is 0.562. The van der Waals surface area contributed by atoms with Crippen LogP contribution < -0.4 is 5.32 Å². The molecule has 1 aromatic rings. The number of nitrogens with one attached hydrogen (secondary N) is 1. The summed E-state index contributed by atoms with van der Waals surface area (Å²) < 4.78 is 5.58. The molecule has 110 valence electrons. The molecule has 0 saturated carbocycles. The van der Waals surface area contributed by atoms with Crippen molar-refractivity contribution in [3.8, 4) is 0 Å². The number of amides is 1. The van der Waals surface area contributed by atoms with Crippen molar-refractivity contribution in [1.82, 2.24) is 5.32 Å². The van der Waals surface area contributed by atoms with Crippen LogP contribution in [-0.2, 0) is 16.0 Å². The lowest BCUT2D eigenvalue weighted by Gasteiger charge is -2.20. The molecule has 20 heavy (non-hydrogen) atoms. The summed E-state index contributed by atoms with van der Waals surface area (Å²) in [6.45, 7) is 4.80. The SMILES string of the molecule is Cc1ccc(CCC(=O)NC(C)C2CCCO2)cc1Cl. The second kappa shape index (κ2) is 7.09. The van der Waals surface area contributed by atoms with Gasteiger partial charge in [0.2, 0.25) is 5.91 Å². The van der Waals surface area contributed by atoms with Gasteiger partial charge in [-0.3, -0.25) is 4.79 Å². The molecular weight excluding hydrogens is 274 g/mol. The quantitative estimate of drug-likeness (QED) is 0.905. The van der Waals surface area contributed by atoms with Gasteiger partial charge in [-0.2, -0.15) is 0 Å². The van der Waals surface area contributed by atoms with E-state index in [-0.39, 0.29) is 18.1 Å². The Labute approximate surface area is 125 Å². The summed E-state index contributed by atoms with van der Waals surface area (Å²) in [6, 6.07) is 6.04. The van der Waals surface area contributed by atoms with E-state index in [0.29, 0.717) is 12.8 Å². The highest BCUT2D eigenvalue weighted by Crippen LogP contribution is 2.18. The Morgan fingerprint density at radius 2 is 2.35 bits per heavy atom. The highest BCUT2D eigenvalue weighted by Gasteiger charge is 2.23. The minimum absolute atomic E-state index is 0.0738. The number of rotatable bonds is 5. The van der Waals surface area contributed by atoms with E-state index in [0.717, 1.165) is 35.6 Å². The molecule has 1 amide bonds. The second-order valence-corrected chi connectivity index (χ2v) is 5.90. The van der Waals surface area contributed by atoms with Crippen LogP contribution in [0.4, 0.5) is 0 Å². The maximum absolute atomic E-state index is 11.9. The number of halogens is 1. The summed E-state index contributed by atoms with van der Waals surface area (Å²) >= 11 is 6.08. The maximum Gasteiger partial charge on any atom is 0.220 e. The zero-order valence-electron chi connectivity index (χ0n) is 12.1. The average Bonchev–Trinajstić information content (AvgIpc) is 2.94. The zero-order chi connectivity index (χ0) is 14.5. The number of aryl methyl sites for hydroxylation is 2. The standard InChI is InChI=1S/C16H22ClNO2/c1-11-5-6-13(10-14(11)17)7-8-16(19)18-12(2)15-4-3-9-20-15/h5-6,10,12,15H,3-4,7-9H2,1-2H3,(H,18,19). The smallest absolute Gasteiger partial charge is 0.220 e. The van der Waals surface area contributed by atoms with Crippen LogP contribution in [0.5, 0.6) is 0 Å². The van der Waals surface area contributed by atoms with Gasteiger partial charge in [-0.15, -0.1) is 0 Å². The van der Waals surface area contributed by atoms with Gasteiger partial charge in [-0.05, 0) is 50.3 Å². The Hall–Kier alpha value is -1.06. The van der Waals surface area contributed by atoms with Crippen molar-refractivity contribution in [1.29, 1.82) is 0 Å². The van der Waals surface area contributed by atoms with Gasteiger partial charge in [0.1, 0.15) is 0 Å². The van der Waals surface area contributed by atoms with Crippen LogP contribution in [0, 0.1) is 6.92 Å². The van der Waals surface area contributed by atoms with E-state index in [9.17, 15) is 4.79 Å². The van der Waals surface area contributed by atoms with E-state index in [2.05, 4.69) is 5.32 Å². The first-order chi connectivity index (χ1) is 9.56. The van der Waals surface area contributed by atoms with Crippen LogP contribution in [0.1, 0.15) is 37.3 Å². The lowest BCUT2D eigenvalue weighted by atomic mass is 10.1. The first kappa shape index (κ1) is 15.3. The topological polar surface area (TPSA) is 38.3 Å². The van der Waals surface area contributed by atoms with Crippen molar-refractivity contribution in [2.24, 2.45) is 0 Å². The summed E-state index contributed by atoms with van der Waals surface area (Å²) in [5, 5.41) is 3.78. The Balaban J connectivity index is 1.78. The van der Waals surface area contributed by atoms with Crippen LogP contribution in [-0.4, -0.2) is 24.7 Å². The Morgan fingerprint density at radius 3 is 3.00 bits per heavy atom. The van der Waals surface area contributed by atoms with Gasteiger partial charge in [0.15, 0.2) is 0 Å². The Kier molecular flexibility index (Phi) is 5.44. The summed E-state index contributed by atoms with van der Waals surface area (Å²) in [5.41, 5.74) is 2.16. The number of ether oxygens (including phenoxy) is 1. The van der Waals surface area contributed by atoms with Gasteiger partial charge >= 0.3 is 0 Å². The Morgan fingerprint density at radius 1 is 1.55 bits per heavy atom. The minimum Gasteiger partial charge on any atom is -0.376 e.